The molecule has 1 aromatic carbocycles. The van der Waals surface area contributed by atoms with Crippen LogP contribution in [0.15, 0.2) is 41.2 Å². The van der Waals surface area contributed by atoms with Gasteiger partial charge in [-0.3, -0.25) is 9.59 Å². The van der Waals surface area contributed by atoms with Crippen LogP contribution in [0.2, 0.25) is 0 Å². The molecule has 1 unspecified atom stereocenters. The number of hydrogen-bond donors (Lipinski definition) is 1. The van der Waals surface area contributed by atoms with Gasteiger partial charge in [0, 0.05) is 19.7 Å². The summed E-state index contributed by atoms with van der Waals surface area (Å²) >= 11 is 0. The Morgan fingerprint density at radius 3 is 2.80 bits per heavy atom. The Balaban J connectivity index is 1.69. The molecule has 0 aliphatic carbocycles. The van der Waals surface area contributed by atoms with E-state index in [0.29, 0.717) is 31.9 Å². The molecular formula is C18H21N3O4. The zero-order valence-electron chi connectivity index (χ0n) is 14.3. The molecule has 1 atom stereocenters. The number of aryl methyl sites for hydroxylation is 1. The lowest BCUT2D eigenvalue weighted by Gasteiger charge is -2.27. The third-order valence-electron chi connectivity index (χ3n) is 4.36. The maximum absolute atomic E-state index is 12.6. The van der Waals surface area contributed by atoms with Crippen molar-refractivity contribution in [2.24, 2.45) is 0 Å². The minimum Gasteiger partial charge on any atom is -0.491 e. The molecule has 1 N–H and O–H groups in total. The smallest absolute Gasteiger partial charge is 0.272 e. The lowest BCUT2D eigenvalue weighted by molar-refractivity contribution is -0.0342. The van der Waals surface area contributed by atoms with Crippen molar-refractivity contribution in [1.29, 1.82) is 0 Å². The molecule has 2 aromatic rings. The highest BCUT2D eigenvalue weighted by Crippen LogP contribution is 2.27. The fourth-order valence-corrected chi connectivity index (χ4v) is 2.94. The van der Waals surface area contributed by atoms with Crippen LogP contribution in [-0.2, 0) is 4.74 Å². The van der Waals surface area contributed by atoms with E-state index in [4.69, 9.17) is 9.47 Å². The summed E-state index contributed by atoms with van der Waals surface area (Å²) in [6.45, 7) is 2.91. The van der Waals surface area contributed by atoms with Gasteiger partial charge in [0.25, 0.3) is 11.5 Å². The topological polar surface area (TPSA) is 84.5 Å². The number of hydrogen-bond acceptors (Lipinski definition) is 5. The van der Waals surface area contributed by atoms with Gasteiger partial charge in [-0.05, 0) is 25.5 Å². The molecule has 7 nitrogen and oxygen atoms in total. The highest BCUT2D eigenvalue weighted by Gasteiger charge is 2.41. The monoisotopic (exact) mass is 343 g/mol. The Morgan fingerprint density at radius 1 is 1.36 bits per heavy atom. The van der Waals surface area contributed by atoms with Crippen LogP contribution in [0.3, 0.4) is 0 Å². The summed E-state index contributed by atoms with van der Waals surface area (Å²) in [5.41, 5.74) is -0.750. The predicted molar refractivity (Wildman–Crippen MR) is 91.8 cm³/mol. The zero-order chi connectivity index (χ0) is 17.9. The van der Waals surface area contributed by atoms with E-state index in [-0.39, 0.29) is 17.2 Å². The number of aromatic nitrogens is 2. The fraction of sp³-hybridized carbons (Fsp3) is 0.389. The third-order valence-corrected chi connectivity index (χ3v) is 4.36. The van der Waals surface area contributed by atoms with Crippen LogP contribution in [0.1, 0.15) is 22.7 Å². The second-order valence-corrected chi connectivity index (χ2v) is 6.18. The minimum absolute atomic E-state index is 0.150. The van der Waals surface area contributed by atoms with Gasteiger partial charge in [-0.1, -0.05) is 18.2 Å². The number of benzene rings is 1. The number of H-pyrrole nitrogens is 1. The van der Waals surface area contributed by atoms with Crippen LogP contribution in [0.4, 0.5) is 0 Å². The second kappa shape index (κ2) is 7.06. The fourth-order valence-electron chi connectivity index (χ4n) is 2.94. The highest BCUT2D eigenvalue weighted by atomic mass is 16.5. The summed E-state index contributed by atoms with van der Waals surface area (Å²) in [5.74, 6) is 0.906. The number of aromatic amines is 1. The van der Waals surface area contributed by atoms with E-state index in [1.165, 1.54) is 6.07 Å². The number of nitrogens with one attached hydrogen (secondary N) is 1. The number of carbonyl (C=O) groups excluding carboxylic acids is 1. The van der Waals surface area contributed by atoms with Crippen molar-refractivity contribution in [3.63, 3.8) is 0 Å². The molecule has 1 fully saturated rings. The largest absolute Gasteiger partial charge is 0.491 e. The molecule has 132 valence electrons. The molecule has 3 rings (SSSR count). The van der Waals surface area contributed by atoms with Gasteiger partial charge >= 0.3 is 0 Å². The standard InChI is InChI=1S/C18H21N3O4/c1-13-19-15(10-16(22)20-13)17(23)21-9-8-18(11-21,24-2)12-25-14-6-4-3-5-7-14/h3-7,10H,8-9,11-12H2,1-2H3,(H,19,20,22). The summed E-state index contributed by atoms with van der Waals surface area (Å²) < 4.78 is 11.5. The number of ether oxygens (including phenoxy) is 2. The van der Waals surface area contributed by atoms with Gasteiger partial charge < -0.3 is 19.4 Å². The normalized spacial score (nSPS) is 19.8. The van der Waals surface area contributed by atoms with Gasteiger partial charge in [-0.2, -0.15) is 0 Å². The minimum atomic E-state index is -0.568. The van der Waals surface area contributed by atoms with Crippen molar-refractivity contribution in [3.8, 4) is 5.75 Å². The molecule has 7 heteroatoms. The second-order valence-electron chi connectivity index (χ2n) is 6.18. The van der Waals surface area contributed by atoms with Crippen molar-refractivity contribution >= 4 is 5.91 Å². The summed E-state index contributed by atoms with van der Waals surface area (Å²) in [4.78, 5) is 32.5. The van der Waals surface area contributed by atoms with Gasteiger partial charge in [0.15, 0.2) is 0 Å². The molecule has 25 heavy (non-hydrogen) atoms. The van der Waals surface area contributed by atoms with E-state index < -0.39 is 5.60 Å². The Kier molecular flexibility index (Phi) is 4.85. The first-order valence-corrected chi connectivity index (χ1v) is 8.12. The van der Waals surface area contributed by atoms with Crippen LogP contribution >= 0.6 is 0 Å². The predicted octanol–water partition coefficient (Wildman–Crippen LogP) is 1.39. The average molecular weight is 343 g/mol. The molecule has 0 bridgehead atoms. The molecule has 2 heterocycles. The first-order chi connectivity index (χ1) is 12.0. The molecule has 1 aromatic heterocycles. The summed E-state index contributed by atoms with van der Waals surface area (Å²) in [6.07, 6.45) is 0.657. The van der Waals surface area contributed by atoms with E-state index >= 15 is 0 Å². The summed E-state index contributed by atoms with van der Waals surface area (Å²) in [7, 11) is 1.62. The average Bonchev–Trinajstić information content (AvgIpc) is 3.04. The van der Waals surface area contributed by atoms with Gasteiger partial charge in [0.1, 0.15) is 29.5 Å². The van der Waals surface area contributed by atoms with Crippen LogP contribution in [0.25, 0.3) is 0 Å². The van der Waals surface area contributed by atoms with Crippen LogP contribution < -0.4 is 10.3 Å². The van der Waals surface area contributed by atoms with E-state index in [1.54, 1.807) is 18.9 Å². The lowest BCUT2D eigenvalue weighted by atomic mass is 10.0. The number of likely N-dealkylation sites (tertiary alicyclic amines) is 1. The van der Waals surface area contributed by atoms with E-state index in [9.17, 15) is 9.59 Å². The number of amides is 1. The highest BCUT2D eigenvalue weighted by molar-refractivity contribution is 5.92. The maximum Gasteiger partial charge on any atom is 0.272 e. The summed E-state index contributed by atoms with van der Waals surface area (Å²) in [5, 5.41) is 0. The Morgan fingerprint density at radius 2 is 2.12 bits per heavy atom. The Labute approximate surface area is 145 Å². The van der Waals surface area contributed by atoms with Crippen molar-refractivity contribution in [2.75, 3.05) is 26.8 Å². The molecule has 1 amide bonds. The quantitative estimate of drug-likeness (QED) is 0.887. The third kappa shape index (κ3) is 3.88. The van der Waals surface area contributed by atoms with Gasteiger partial charge in [-0.25, -0.2) is 4.98 Å². The molecule has 0 spiro atoms. The van der Waals surface area contributed by atoms with Gasteiger partial charge in [0.05, 0.1) is 6.54 Å². The van der Waals surface area contributed by atoms with Crippen molar-refractivity contribution in [2.45, 2.75) is 18.9 Å². The van der Waals surface area contributed by atoms with Crippen molar-refractivity contribution in [1.82, 2.24) is 14.9 Å². The maximum atomic E-state index is 12.6. The molecule has 0 radical (unpaired) electrons. The number of methoxy groups -OCH3 is 1. The number of nitrogens with zero attached hydrogens (tertiary/aromatic N) is 2. The SMILES string of the molecule is COC1(COc2ccccc2)CCN(C(=O)c2cc(=O)[nH]c(C)n2)C1. The summed E-state index contributed by atoms with van der Waals surface area (Å²) in [6, 6.07) is 10.7. The van der Waals surface area contributed by atoms with E-state index in [2.05, 4.69) is 9.97 Å². The Bertz CT molecular complexity index is 805. The van der Waals surface area contributed by atoms with Crippen LogP contribution in [0, 0.1) is 6.92 Å². The van der Waals surface area contributed by atoms with Crippen molar-refractivity contribution in [3.05, 3.63) is 58.3 Å². The zero-order valence-corrected chi connectivity index (χ0v) is 14.3. The lowest BCUT2D eigenvalue weighted by Crippen LogP contribution is -2.42. The Hall–Kier alpha value is -2.67. The molecule has 0 saturated carbocycles. The van der Waals surface area contributed by atoms with Crippen LogP contribution in [0.5, 0.6) is 5.75 Å². The molecule has 1 saturated heterocycles. The van der Waals surface area contributed by atoms with Gasteiger partial charge in [-0.15, -0.1) is 0 Å². The van der Waals surface area contributed by atoms with E-state index in [0.717, 1.165) is 5.75 Å². The number of para-hydroxylation sites is 1. The molecule has 1 aliphatic rings. The van der Waals surface area contributed by atoms with E-state index in [1.807, 2.05) is 30.3 Å². The van der Waals surface area contributed by atoms with Gasteiger partial charge in [0.2, 0.25) is 0 Å². The first kappa shape index (κ1) is 17.2. The molecule has 1 aliphatic heterocycles. The van der Waals surface area contributed by atoms with Crippen LogP contribution in [-0.4, -0.2) is 53.2 Å². The number of carbonyl (C=O) groups is 1. The van der Waals surface area contributed by atoms with Crippen molar-refractivity contribution < 1.29 is 14.3 Å². The molecular weight excluding hydrogens is 322 g/mol. The number of rotatable bonds is 5. The first-order valence-electron chi connectivity index (χ1n) is 8.12.